The Labute approximate surface area is 105 Å². The quantitative estimate of drug-likeness (QED) is 0.787. The molecule has 0 bridgehead atoms. The van der Waals surface area contributed by atoms with Crippen molar-refractivity contribution in [2.45, 2.75) is 20.0 Å². The molecule has 2 nitrogen and oxygen atoms in total. The third kappa shape index (κ3) is 3.21. The summed E-state index contributed by atoms with van der Waals surface area (Å²) in [6, 6.07) is 2.17. The third-order valence-corrected chi connectivity index (χ3v) is 2.90. The summed E-state index contributed by atoms with van der Waals surface area (Å²) in [6.45, 7) is 3.09. The van der Waals surface area contributed by atoms with Gasteiger partial charge in [-0.15, -0.1) is 0 Å². The number of Topliss-reactive ketones (excluding diaryl/α,β-unsaturated/α-hetero) is 1. The number of benzene rings is 1. The molecule has 0 aliphatic rings. The van der Waals surface area contributed by atoms with E-state index in [1.54, 1.807) is 6.92 Å². The van der Waals surface area contributed by atoms with Gasteiger partial charge in [-0.25, -0.2) is 0 Å². The Hall–Kier alpha value is -1.04. The van der Waals surface area contributed by atoms with Crippen LogP contribution in [0.4, 0.5) is 13.2 Å². The van der Waals surface area contributed by atoms with Crippen molar-refractivity contribution in [3.8, 4) is 5.75 Å². The molecule has 0 N–H and O–H groups in total. The predicted octanol–water partition coefficient (Wildman–Crippen LogP) is 4.07. The summed E-state index contributed by atoms with van der Waals surface area (Å²) >= 11 is 2.81. The number of alkyl halides is 3. The van der Waals surface area contributed by atoms with Crippen LogP contribution in [0.15, 0.2) is 16.6 Å². The van der Waals surface area contributed by atoms with Crippen molar-refractivity contribution >= 4 is 21.7 Å². The molecule has 0 atom stereocenters. The molecule has 17 heavy (non-hydrogen) atoms. The zero-order valence-electron chi connectivity index (χ0n) is 9.19. The van der Waals surface area contributed by atoms with Crippen molar-refractivity contribution in [3.05, 3.63) is 27.7 Å². The second-order valence-corrected chi connectivity index (χ2v) is 4.11. The van der Waals surface area contributed by atoms with Gasteiger partial charge in [0, 0.05) is 10.0 Å². The van der Waals surface area contributed by atoms with Crippen LogP contribution < -0.4 is 4.74 Å². The average Bonchev–Trinajstić information content (AvgIpc) is 2.18. The topological polar surface area (TPSA) is 26.3 Å². The Morgan fingerprint density at radius 3 is 2.41 bits per heavy atom. The van der Waals surface area contributed by atoms with Crippen LogP contribution in [0.25, 0.3) is 0 Å². The fraction of sp³-hybridized carbons (Fsp3) is 0.364. The largest absolute Gasteiger partial charge is 0.494 e. The fourth-order valence-electron chi connectivity index (χ4n) is 1.31. The van der Waals surface area contributed by atoms with Crippen molar-refractivity contribution < 1.29 is 22.7 Å². The summed E-state index contributed by atoms with van der Waals surface area (Å²) in [6.07, 6.45) is -4.53. The standard InChI is InChI=1S/C11H10BrF3O2/c1-3-17-7-4-8(6(2)16)10(12)9(5-7)11(13,14)15/h4-5H,3H2,1-2H3. The van der Waals surface area contributed by atoms with E-state index in [1.807, 2.05) is 0 Å². The zero-order valence-corrected chi connectivity index (χ0v) is 10.8. The number of hydrogen-bond acceptors (Lipinski definition) is 2. The summed E-state index contributed by atoms with van der Waals surface area (Å²) in [5.74, 6) is -0.419. The van der Waals surface area contributed by atoms with E-state index in [1.165, 1.54) is 13.0 Å². The molecule has 0 unspecified atom stereocenters. The highest BCUT2D eigenvalue weighted by atomic mass is 79.9. The van der Waals surface area contributed by atoms with Crippen LogP contribution in [0.5, 0.6) is 5.75 Å². The van der Waals surface area contributed by atoms with Crippen LogP contribution in [0.2, 0.25) is 0 Å². The summed E-state index contributed by atoms with van der Waals surface area (Å²) in [4.78, 5) is 11.2. The summed E-state index contributed by atoms with van der Waals surface area (Å²) in [5, 5.41) is 0. The molecular formula is C11H10BrF3O2. The molecule has 0 spiro atoms. The maximum atomic E-state index is 12.7. The van der Waals surface area contributed by atoms with Crippen LogP contribution in [0, 0.1) is 0 Å². The normalized spacial score (nSPS) is 11.4. The fourth-order valence-corrected chi connectivity index (χ4v) is 2.04. The number of ketones is 1. The molecule has 0 aromatic heterocycles. The molecule has 94 valence electrons. The summed E-state index contributed by atoms with van der Waals surface area (Å²) in [7, 11) is 0. The van der Waals surface area contributed by atoms with E-state index in [0.29, 0.717) is 0 Å². The zero-order chi connectivity index (χ0) is 13.2. The lowest BCUT2D eigenvalue weighted by Gasteiger charge is -2.14. The first-order valence-electron chi connectivity index (χ1n) is 4.81. The maximum absolute atomic E-state index is 12.7. The van der Waals surface area contributed by atoms with E-state index >= 15 is 0 Å². The second-order valence-electron chi connectivity index (χ2n) is 3.32. The molecule has 0 saturated carbocycles. The number of carbonyl (C=O) groups is 1. The lowest BCUT2D eigenvalue weighted by Crippen LogP contribution is -2.10. The van der Waals surface area contributed by atoms with Crippen LogP contribution in [0.1, 0.15) is 29.8 Å². The molecule has 0 aliphatic heterocycles. The van der Waals surface area contributed by atoms with E-state index in [9.17, 15) is 18.0 Å². The first-order chi connectivity index (χ1) is 7.77. The first-order valence-corrected chi connectivity index (χ1v) is 5.61. The Morgan fingerprint density at radius 2 is 2.00 bits per heavy atom. The van der Waals surface area contributed by atoms with Crippen LogP contribution >= 0.6 is 15.9 Å². The monoisotopic (exact) mass is 310 g/mol. The van der Waals surface area contributed by atoms with Gasteiger partial charge in [0.05, 0.1) is 12.2 Å². The van der Waals surface area contributed by atoms with Crippen LogP contribution in [-0.4, -0.2) is 12.4 Å². The van der Waals surface area contributed by atoms with Gasteiger partial charge in [-0.1, -0.05) is 0 Å². The Kier molecular flexibility index (Phi) is 4.19. The Bertz CT molecular complexity index is 441. The highest BCUT2D eigenvalue weighted by Crippen LogP contribution is 2.39. The minimum absolute atomic E-state index is 0.0354. The lowest BCUT2D eigenvalue weighted by molar-refractivity contribution is -0.138. The number of halogens is 4. The van der Waals surface area contributed by atoms with E-state index in [2.05, 4.69) is 15.9 Å². The average molecular weight is 311 g/mol. The minimum atomic E-state index is -4.53. The van der Waals surface area contributed by atoms with Gasteiger partial charge < -0.3 is 4.74 Å². The summed E-state index contributed by atoms with van der Waals surface area (Å²) < 4.78 is 42.9. The molecule has 0 radical (unpaired) electrons. The Morgan fingerprint density at radius 1 is 1.41 bits per heavy atom. The molecule has 6 heteroatoms. The van der Waals surface area contributed by atoms with E-state index in [0.717, 1.165) is 6.07 Å². The van der Waals surface area contributed by atoms with Gasteiger partial charge in [-0.2, -0.15) is 13.2 Å². The first kappa shape index (κ1) is 14.0. The van der Waals surface area contributed by atoms with Gasteiger partial charge in [-0.3, -0.25) is 4.79 Å². The van der Waals surface area contributed by atoms with Gasteiger partial charge in [0.25, 0.3) is 0 Å². The molecule has 1 aromatic carbocycles. The molecule has 0 aliphatic carbocycles. The number of hydrogen-bond donors (Lipinski definition) is 0. The molecule has 0 heterocycles. The van der Waals surface area contributed by atoms with E-state index < -0.39 is 17.5 Å². The number of carbonyl (C=O) groups excluding carboxylic acids is 1. The third-order valence-electron chi connectivity index (χ3n) is 2.04. The lowest BCUT2D eigenvalue weighted by atomic mass is 10.1. The molecular weight excluding hydrogens is 301 g/mol. The van der Waals surface area contributed by atoms with Gasteiger partial charge in [0.2, 0.25) is 0 Å². The molecule has 1 aromatic rings. The molecule has 0 amide bonds. The SMILES string of the molecule is CCOc1cc(C(C)=O)c(Br)c(C(F)(F)F)c1. The Balaban J connectivity index is 3.43. The highest BCUT2D eigenvalue weighted by Gasteiger charge is 2.35. The molecule has 1 rings (SSSR count). The van der Waals surface area contributed by atoms with E-state index in [-0.39, 0.29) is 22.4 Å². The van der Waals surface area contributed by atoms with Gasteiger partial charge >= 0.3 is 6.18 Å². The predicted molar refractivity (Wildman–Crippen MR) is 60.3 cm³/mol. The van der Waals surface area contributed by atoms with Crippen molar-refractivity contribution in [1.29, 1.82) is 0 Å². The number of rotatable bonds is 3. The van der Waals surface area contributed by atoms with Gasteiger partial charge in [0.1, 0.15) is 5.75 Å². The molecule has 0 fully saturated rings. The van der Waals surface area contributed by atoms with Gasteiger partial charge in [0.15, 0.2) is 5.78 Å². The molecule has 0 saturated heterocycles. The van der Waals surface area contributed by atoms with Gasteiger partial charge in [-0.05, 0) is 41.9 Å². The number of ether oxygens (including phenoxy) is 1. The minimum Gasteiger partial charge on any atom is -0.494 e. The van der Waals surface area contributed by atoms with Crippen molar-refractivity contribution in [2.24, 2.45) is 0 Å². The smallest absolute Gasteiger partial charge is 0.417 e. The van der Waals surface area contributed by atoms with E-state index in [4.69, 9.17) is 4.74 Å². The maximum Gasteiger partial charge on any atom is 0.417 e. The van der Waals surface area contributed by atoms with Crippen molar-refractivity contribution in [2.75, 3.05) is 6.61 Å². The second kappa shape index (κ2) is 5.08. The highest BCUT2D eigenvalue weighted by molar-refractivity contribution is 9.10. The van der Waals surface area contributed by atoms with Crippen LogP contribution in [0.3, 0.4) is 0 Å². The van der Waals surface area contributed by atoms with Crippen LogP contribution in [-0.2, 0) is 6.18 Å². The summed E-state index contributed by atoms with van der Waals surface area (Å²) in [5.41, 5.74) is -0.947. The van der Waals surface area contributed by atoms with Crippen molar-refractivity contribution in [3.63, 3.8) is 0 Å². The van der Waals surface area contributed by atoms with Crippen molar-refractivity contribution in [1.82, 2.24) is 0 Å².